The molecule has 30 heavy (non-hydrogen) atoms. The van der Waals surface area contributed by atoms with Crippen LogP contribution in [0.25, 0.3) is 10.9 Å². The summed E-state index contributed by atoms with van der Waals surface area (Å²) in [6.45, 7) is 3.95. The van der Waals surface area contributed by atoms with Gasteiger partial charge in [0.1, 0.15) is 0 Å². The number of para-hydroxylation sites is 2. The average Bonchev–Trinajstić information content (AvgIpc) is 3.21. The number of fused-ring (bicyclic) bond motifs is 1. The number of methoxy groups -OCH3 is 2. The largest absolute Gasteiger partial charge is 0.493 e. The molecular weight excluding hydrogens is 376 g/mol. The zero-order chi connectivity index (χ0) is 21.1. The third-order valence-corrected chi connectivity index (χ3v) is 6.32. The van der Waals surface area contributed by atoms with E-state index in [1.165, 1.54) is 0 Å². The van der Waals surface area contributed by atoms with Gasteiger partial charge in [-0.05, 0) is 36.5 Å². The highest BCUT2D eigenvalue weighted by Crippen LogP contribution is 2.42. The molecule has 2 aromatic carbocycles. The number of aromatic amines is 1. The molecule has 1 atom stereocenters. The summed E-state index contributed by atoms with van der Waals surface area (Å²) in [7, 11) is 3.30. The molecule has 0 aliphatic carbocycles. The van der Waals surface area contributed by atoms with E-state index in [9.17, 15) is 4.79 Å². The minimum Gasteiger partial charge on any atom is -0.493 e. The maximum Gasteiger partial charge on any atom is 0.223 e. The van der Waals surface area contributed by atoms with Gasteiger partial charge in [0.2, 0.25) is 5.91 Å². The second-order valence-electron chi connectivity index (χ2n) is 8.19. The van der Waals surface area contributed by atoms with Gasteiger partial charge in [-0.1, -0.05) is 37.3 Å². The number of H-pyrrole nitrogens is 1. The third-order valence-electron chi connectivity index (χ3n) is 6.32. The quantitative estimate of drug-likeness (QED) is 0.629. The first kappa shape index (κ1) is 20.3. The smallest absolute Gasteiger partial charge is 0.223 e. The first-order valence-electron chi connectivity index (χ1n) is 10.7. The summed E-state index contributed by atoms with van der Waals surface area (Å²) in [5.74, 6) is 2.13. The molecule has 4 rings (SSSR count). The monoisotopic (exact) mass is 406 g/mol. The van der Waals surface area contributed by atoms with Crippen LogP contribution in [0.3, 0.4) is 0 Å². The molecule has 1 fully saturated rings. The summed E-state index contributed by atoms with van der Waals surface area (Å²) >= 11 is 0. The van der Waals surface area contributed by atoms with Crippen LogP contribution < -0.4 is 9.47 Å². The molecule has 158 valence electrons. The van der Waals surface area contributed by atoms with Crippen LogP contribution in [0.2, 0.25) is 0 Å². The zero-order valence-electron chi connectivity index (χ0n) is 18.0. The minimum atomic E-state index is -0.127. The molecule has 1 aromatic heterocycles. The number of aromatic nitrogens is 1. The Morgan fingerprint density at radius 1 is 1.07 bits per heavy atom. The van der Waals surface area contributed by atoms with E-state index in [2.05, 4.69) is 24.0 Å². The number of hydrogen-bond donors (Lipinski definition) is 1. The lowest BCUT2D eigenvalue weighted by atomic mass is 9.86. The zero-order valence-corrected chi connectivity index (χ0v) is 18.0. The highest BCUT2D eigenvalue weighted by molar-refractivity contribution is 5.86. The van der Waals surface area contributed by atoms with Crippen LogP contribution in [-0.2, 0) is 4.79 Å². The Bertz CT molecular complexity index is 1020. The number of nitrogens with one attached hydrogen (secondary N) is 1. The predicted octanol–water partition coefficient (Wildman–Crippen LogP) is 4.97. The second-order valence-corrected chi connectivity index (χ2v) is 8.19. The van der Waals surface area contributed by atoms with Crippen LogP contribution in [0.1, 0.15) is 43.2 Å². The number of hydrogen-bond acceptors (Lipinski definition) is 3. The van der Waals surface area contributed by atoms with Gasteiger partial charge < -0.3 is 19.4 Å². The molecular formula is C25H30N2O3. The van der Waals surface area contributed by atoms with Gasteiger partial charge in [-0.3, -0.25) is 4.79 Å². The van der Waals surface area contributed by atoms with Crippen molar-refractivity contribution in [2.45, 2.75) is 32.1 Å². The average molecular weight is 407 g/mol. The SMILES string of the molecule is COc1cccc([C@H](CC(=O)N2CCC(C)CC2)c2c[nH]c3ccccc23)c1OC. The van der Waals surface area contributed by atoms with Crippen molar-refractivity contribution in [3.8, 4) is 11.5 Å². The van der Waals surface area contributed by atoms with E-state index in [0.717, 1.165) is 48.0 Å². The first-order valence-corrected chi connectivity index (χ1v) is 10.7. The summed E-state index contributed by atoms with van der Waals surface area (Å²) in [5.41, 5.74) is 3.15. The molecule has 1 amide bonds. The topological polar surface area (TPSA) is 54.6 Å². The Kier molecular flexibility index (Phi) is 5.98. The van der Waals surface area contributed by atoms with Crippen LogP contribution >= 0.6 is 0 Å². The van der Waals surface area contributed by atoms with E-state index in [4.69, 9.17) is 9.47 Å². The standard InChI is InChI=1S/C25H30N2O3/c1-17-11-13-27(14-12-17)24(28)15-20(19-8-6-10-23(29-2)25(19)30-3)21-16-26-22-9-5-4-7-18(21)22/h4-10,16-17,20,26H,11-15H2,1-3H3/t20-/m0/s1. The number of carbonyl (C=O) groups is 1. The van der Waals surface area contributed by atoms with E-state index in [0.29, 0.717) is 23.8 Å². The van der Waals surface area contributed by atoms with Crippen molar-refractivity contribution in [2.75, 3.05) is 27.3 Å². The number of likely N-dealkylation sites (tertiary alicyclic amines) is 1. The van der Waals surface area contributed by atoms with E-state index in [1.54, 1.807) is 14.2 Å². The first-order chi connectivity index (χ1) is 14.6. The van der Waals surface area contributed by atoms with Crippen LogP contribution in [0.5, 0.6) is 11.5 Å². The lowest BCUT2D eigenvalue weighted by Crippen LogP contribution is -2.38. The van der Waals surface area contributed by atoms with Crippen molar-refractivity contribution in [3.63, 3.8) is 0 Å². The number of nitrogens with zero attached hydrogens (tertiary/aromatic N) is 1. The fourth-order valence-corrected chi connectivity index (χ4v) is 4.52. The van der Waals surface area contributed by atoms with Crippen molar-refractivity contribution in [2.24, 2.45) is 5.92 Å². The van der Waals surface area contributed by atoms with Crippen molar-refractivity contribution in [3.05, 3.63) is 59.8 Å². The van der Waals surface area contributed by atoms with Gasteiger partial charge in [0, 0.05) is 48.1 Å². The fourth-order valence-electron chi connectivity index (χ4n) is 4.52. The minimum absolute atomic E-state index is 0.127. The number of piperidine rings is 1. The van der Waals surface area contributed by atoms with Gasteiger partial charge in [0.25, 0.3) is 0 Å². The second kappa shape index (κ2) is 8.82. The van der Waals surface area contributed by atoms with Crippen molar-refractivity contribution < 1.29 is 14.3 Å². The lowest BCUT2D eigenvalue weighted by Gasteiger charge is -2.32. The lowest BCUT2D eigenvalue weighted by molar-refractivity contribution is -0.132. The molecule has 0 saturated carbocycles. The Morgan fingerprint density at radius 2 is 1.83 bits per heavy atom. The van der Waals surface area contributed by atoms with Gasteiger partial charge in [0.05, 0.1) is 14.2 Å². The number of amides is 1. The highest BCUT2D eigenvalue weighted by Gasteiger charge is 2.29. The van der Waals surface area contributed by atoms with E-state index in [-0.39, 0.29) is 11.8 Å². The summed E-state index contributed by atoms with van der Waals surface area (Å²) in [6, 6.07) is 14.1. The van der Waals surface area contributed by atoms with Gasteiger partial charge in [-0.15, -0.1) is 0 Å². The Balaban J connectivity index is 1.75. The molecule has 1 saturated heterocycles. The molecule has 2 heterocycles. The van der Waals surface area contributed by atoms with Crippen LogP contribution in [-0.4, -0.2) is 43.1 Å². The predicted molar refractivity (Wildman–Crippen MR) is 119 cm³/mol. The van der Waals surface area contributed by atoms with Gasteiger partial charge in [-0.2, -0.15) is 0 Å². The van der Waals surface area contributed by atoms with Crippen molar-refractivity contribution >= 4 is 16.8 Å². The summed E-state index contributed by atoms with van der Waals surface area (Å²) in [4.78, 5) is 18.7. The molecule has 5 heteroatoms. The fraction of sp³-hybridized carbons (Fsp3) is 0.400. The normalized spacial score (nSPS) is 15.9. The van der Waals surface area contributed by atoms with Crippen molar-refractivity contribution in [1.82, 2.24) is 9.88 Å². The Morgan fingerprint density at radius 3 is 2.57 bits per heavy atom. The van der Waals surface area contributed by atoms with Crippen LogP contribution in [0.15, 0.2) is 48.7 Å². The molecule has 1 N–H and O–H groups in total. The van der Waals surface area contributed by atoms with Crippen LogP contribution in [0.4, 0.5) is 0 Å². The Labute approximate surface area is 178 Å². The van der Waals surface area contributed by atoms with Crippen LogP contribution in [0, 0.1) is 5.92 Å². The van der Waals surface area contributed by atoms with Crippen molar-refractivity contribution in [1.29, 1.82) is 0 Å². The van der Waals surface area contributed by atoms with E-state index in [1.807, 2.05) is 41.4 Å². The van der Waals surface area contributed by atoms with Gasteiger partial charge >= 0.3 is 0 Å². The molecule has 5 nitrogen and oxygen atoms in total. The maximum atomic E-state index is 13.3. The summed E-state index contributed by atoms with van der Waals surface area (Å²) in [5, 5.41) is 1.13. The van der Waals surface area contributed by atoms with E-state index >= 15 is 0 Å². The Hall–Kier alpha value is -2.95. The molecule has 0 bridgehead atoms. The number of benzene rings is 2. The van der Waals surface area contributed by atoms with Gasteiger partial charge in [0.15, 0.2) is 11.5 Å². The third kappa shape index (κ3) is 3.89. The summed E-state index contributed by atoms with van der Waals surface area (Å²) in [6.07, 6.45) is 4.58. The molecule has 0 radical (unpaired) electrons. The summed E-state index contributed by atoms with van der Waals surface area (Å²) < 4.78 is 11.3. The molecule has 3 aromatic rings. The molecule has 0 unspecified atom stereocenters. The van der Waals surface area contributed by atoms with Gasteiger partial charge in [-0.25, -0.2) is 0 Å². The maximum absolute atomic E-state index is 13.3. The number of carbonyl (C=O) groups excluding carboxylic acids is 1. The molecule has 0 spiro atoms. The molecule has 1 aliphatic heterocycles. The number of ether oxygens (including phenoxy) is 2. The number of rotatable bonds is 6. The molecule has 1 aliphatic rings. The van der Waals surface area contributed by atoms with E-state index < -0.39 is 0 Å². The highest BCUT2D eigenvalue weighted by atomic mass is 16.5.